The van der Waals surface area contributed by atoms with Gasteiger partial charge in [-0.3, -0.25) is 14.4 Å². The Morgan fingerprint density at radius 3 is 1.73 bits per heavy atom. The van der Waals surface area contributed by atoms with Crippen molar-refractivity contribution < 1.29 is 29.4 Å². The van der Waals surface area contributed by atoms with E-state index in [1.807, 2.05) is 0 Å². The number of aliphatic carboxylic acids is 2. The lowest BCUT2D eigenvalue weighted by molar-refractivity contribution is -0.311. The fraction of sp³-hybridized carbons (Fsp3) is 0.714. The maximum atomic E-state index is 11.4. The van der Waals surface area contributed by atoms with Crippen LogP contribution in [0.2, 0.25) is 0 Å². The van der Waals surface area contributed by atoms with Crippen LogP contribution in [0.25, 0.3) is 0 Å². The van der Waals surface area contributed by atoms with Crippen molar-refractivity contribution in [2.75, 3.05) is 0 Å². The molecule has 0 aromatic heterocycles. The smallest absolute Gasteiger partial charge is 0.306 e. The van der Waals surface area contributed by atoms with Gasteiger partial charge in [0, 0.05) is 17.8 Å². The Morgan fingerprint density at radius 2 is 1.41 bits per heavy atom. The monoisotopic (exact) mass is 315 g/mol. The number of amides is 2. The Hall–Kier alpha value is -2.12. The minimum Gasteiger partial charge on any atom is -0.550 e. The summed E-state index contributed by atoms with van der Waals surface area (Å²) in [5, 5.41) is 20.0. The highest BCUT2D eigenvalue weighted by Crippen LogP contribution is 2.26. The predicted octanol–water partition coefficient (Wildman–Crippen LogP) is -1.14. The van der Waals surface area contributed by atoms with E-state index in [1.165, 1.54) is 6.92 Å². The third-order valence-corrected chi connectivity index (χ3v) is 3.83. The zero-order valence-corrected chi connectivity index (χ0v) is 12.8. The van der Waals surface area contributed by atoms with Gasteiger partial charge in [0.25, 0.3) is 0 Å². The van der Waals surface area contributed by atoms with Gasteiger partial charge in [0.15, 0.2) is 0 Å². The minimum atomic E-state index is -1.33. The van der Waals surface area contributed by atoms with Crippen LogP contribution in [0.3, 0.4) is 0 Å². The van der Waals surface area contributed by atoms with E-state index in [1.54, 1.807) is 6.92 Å². The second-order valence-electron chi connectivity index (χ2n) is 5.57. The molecule has 0 rings (SSSR count). The minimum absolute atomic E-state index is 0.00928. The second-order valence-corrected chi connectivity index (χ2v) is 5.57. The van der Waals surface area contributed by atoms with Gasteiger partial charge in [0.1, 0.15) is 0 Å². The Morgan fingerprint density at radius 1 is 0.955 bits per heavy atom. The van der Waals surface area contributed by atoms with E-state index in [0.29, 0.717) is 6.42 Å². The van der Waals surface area contributed by atoms with E-state index in [2.05, 4.69) is 0 Å². The second kappa shape index (κ2) is 9.01. The summed E-state index contributed by atoms with van der Waals surface area (Å²) in [6, 6.07) is 0. The molecule has 0 aliphatic rings. The topological polar surface area (TPSA) is 164 Å². The number of hydrogen-bond acceptors (Lipinski definition) is 5. The molecule has 22 heavy (non-hydrogen) atoms. The molecule has 0 radical (unpaired) electrons. The first kappa shape index (κ1) is 19.9. The van der Waals surface area contributed by atoms with Crippen LogP contribution in [0.5, 0.6) is 0 Å². The standard InChI is InChI=1S/C14H24N2O6/c1-3-8(11(15)17)5-10(14(21)22)6-9(12(16)18)4-7(2)13(19)20/h7-10H,3-6H2,1-2H3,(H2,15,17)(H2,16,18)(H,19,20)(H,21,22)/p-1. The third-order valence-electron chi connectivity index (χ3n) is 3.83. The third kappa shape index (κ3) is 6.55. The van der Waals surface area contributed by atoms with Crippen molar-refractivity contribution in [1.82, 2.24) is 0 Å². The zero-order valence-electron chi connectivity index (χ0n) is 12.8. The molecule has 5 N–H and O–H groups in total. The zero-order chi connectivity index (χ0) is 17.4. The van der Waals surface area contributed by atoms with Crippen molar-refractivity contribution in [2.24, 2.45) is 35.1 Å². The highest BCUT2D eigenvalue weighted by atomic mass is 16.4. The quantitative estimate of drug-likeness (QED) is 0.436. The van der Waals surface area contributed by atoms with Crippen molar-refractivity contribution in [1.29, 1.82) is 0 Å². The Balaban J connectivity index is 5.01. The number of carboxylic acids is 2. The van der Waals surface area contributed by atoms with Crippen LogP contribution >= 0.6 is 0 Å². The lowest BCUT2D eigenvalue weighted by Crippen LogP contribution is -2.36. The lowest BCUT2D eigenvalue weighted by Gasteiger charge is -2.23. The summed E-state index contributed by atoms with van der Waals surface area (Å²) in [7, 11) is 0. The number of carboxylic acid groups (broad SMARTS) is 2. The van der Waals surface area contributed by atoms with E-state index in [4.69, 9.17) is 11.5 Å². The molecule has 0 heterocycles. The van der Waals surface area contributed by atoms with E-state index in [-0.39, 0.29) is 19.3 Å². The Bertz CT molecular complexity index is 437. The molecule has 0 aromatic rings. The number of primary amides is 2. The highest BCUT2D eigenvalue weighted by Gasteiger charge is 2.30. The molecule has 0 fully saturated rings. The fourth-order valence-corrected chi connectivity index (χ4v) is 2.32. The van der Waals surface area contributed by atoms with Gasteiger partial charge in [0.2, 0.25) is 11.8 Å². The molecule has 0 saturated heterocycles. The molecule has 0 spiro atoms. The molecule has 0 saturated carbocycles. The molecule has 4 unspecified atom stereocenters. The fourth-order valence-electron chi connectivity index (χ4n) is 2.32. The van der Waals surface area contributed by atoms with Crippen molar-refractivity contribution in [3.63, 3.8) is 0 Å². The van der Waals surface area contributed by atoms with Gasteiger partial charge >= 0.3 is 5.97 Å². The normalized spacial score (nSPS) is 16.3. The summed E-state index contributed by atoms with van der Waals surface area (Å²) in [6.07, 6.45) is 0.140. The summed E-state index contributed by atoms with van der Waals surface area (Å²) < 4.78 is 0. The van der Waals surface area contributed by atoms with Gasteiger partial charge < -0.3 is 26.5 Å². The maximum Gasteiger partial charge on any atom is 0.306 e. The Kier molecular flexibility index (Phi) is 8.14. The average Bonchev–Trinajstić information content (AvgIpc) is 2.40. The number of nitrogens with two attached hydrogens (primary N) is 2. The van der Waals surface area contributed by atoms with Crippen LogP contribution in [0.4, 0.5) is 0 Å². The highest BCUT2D eigenvalue weighted by molar-refractivity contribution is 5.80. The van der Waals surface area contributed by atoms with E-state index < -0.39 is 47.4 Å². The van der Waals surface area contributed by atoms with Gasteiger partial charge in [-0.2, -0.15) is 0 Å². The summed E-state index contributed by atoms with van der Waals surface area (Å²) in [6.45, 7) is 3.07. The van der Waals surface area contributed by atoms with Crippen molar-refractivity contribution in [2.45, 2.75) is 39.5 Å². The summed E-state index contributed by atoms with van der Waals surface area (Å²) in [4.78, 5) is 44.7. The Labute approximate surface area is 128 Å². The first-order valence-corrected chi connectivity index (χ1v) is 7.12. The summed E-state index contributed by atoms with van der Waals surface area (Å²) in [5.41, 5.74) is 10.4. The summed E-state index contributed by atoms with van der Waals surface area (Å²) >= 11 is 0. The molecule has 0 aliphatic heterocycles. The van der Waals surface area contributed by atoms with Gasteiger partial charge in [-0.05, 0) is 31.6 Å². The molecule has 8 nitrogen and oxygen atoms in total. The van der Waals surface area contributed by atoms with Gasteiger partial charge in [0.05, 0.1) is 5.92 Å². The van der Waals surface area contributed by atoms with Crippen LogP contribution < -0.4 is 16.6 Å². The van der Waals surface area contributed by atoms with Crippen LogP contribution in [-0.2, 0) is 19.2 Å². The van der Waals surface area contributed by atoms with Gasteiger partial charge in [-0.25, -0.2) is 0 Å². The molecule has 0 aliphatic carbocycles. The lowest BCUT2D eigenvalue weighted by atomic mass is 9.82. The number of carbonyl (C=O) groups is 4. The van der Waals surface area contributed by atoms with Crippen molar-refractivity contribution in [3.05, 3.63) is 0 Å². The first-order chi connectivity index (χ1) is 10.1. The van der Waals surface area contributed by atoms with Gasteiger partial charge in [-0.15, -0.1) is 0 Å². The molecule has 4 atom stereocenters. The van der Waals surface area contributed by atoms with E-state index >= 15 is 0 Å². The number of rotatable bonds is 11. The maximum absolute atomic E-state index is 11.4. The summed E-state index contributed by atoms with van der Waals surface area (Å²) in [5.74, 6) is -7.34. The molecule has 0 aromatic carbocycles. The van der Waals surface area contributed by atoms with Crippen molar-refractivity contribution >= 4 is 23.8 Å². The van der Waals surface area contributed by atoms with Crippen LogP contribution in [0, 0.1) is 23.7 Å². The molecule has 8 heteroatoms. The molecule has 126 valence electrons. The first-order valence-electron chi connectivity index (χ1n) is 7.12. The van der Waals surface area contributed by atoms with E-state index in [0.717, 1.165) is 0 Å². The predicted molar refractivity (Wildman–Crippen MR) is 74.8 cm³/mol. The van der Waals surface area contributed by atoms with Crippen LogP contribution in [0.15, 0.2) is 0 Å². The molecule has 0 bridgehead atoms. The van der Waals surface area contributed by atoms with Crippen molar-refractivity contribution in [3.8, 4) is 0 Å². The van der Waals surface area contributed by atoms with E-state index in [9.17, 15) is 29.4 Å². The number of carbonyl (C=O) groups excluding carboxylic acids is 3. The molecular weight excluding hydrogens is 292 g/mol. The SMILES string of the molecule is CCC(CC(CC(CC(C)C(=O)[O-])C(N)=O)C(=O)O)C(N)=O. The number of hydrogen-bond donors (Lipinski definition) is 3. The molecular formula is C14H23N2O6-. The average molecular weight is 315 g/mol. The molecule has 2 amide bonds. The van der Waals surface area contributed by atoms with Crippen LogP contribution in [0.1, 0.15) is 39.5 Å². The van der Waals surface area contributed by atoms with Crippen LogP contribution in [-0.4, -0.2) is 28.9 Å². The van der Waals surface area contributed by atoms with Gasteiger partial charge in [-0.1, -0.05) is 13.8 Å². The largest absolute Gasteiger partial charge is 0.550 e.